The van der Waals surface area contributed by atoms with Crippen molar-refractivity contribution in [1.82, 2.24) is 4.31 Å². The first-order chi connectivity index (χ1) is 11.6. The Morgan fingerprint density at radius 2 is 1.36 bits per heavy atom. The molecule has 0 heterocycles. The Hall–Kier alpha value is -1.12. The number of sulfone groups is 1. The van der Waals surface area contributed by atoms with Crippen LogP contribution in [0.1, 0.15) is 13.8 Å². The molecule has 2 rings (SSSR count). The molecule has 0 unspecified atom stereocenters. The van der Waals surface area contributed by atoms with E-state index in [0.29, 0.717) is 13.1 Å². The molecule has 136 valence electrons. The fourth-order valence-corrected chi connectivity index (χ4v) is 5.57. The van der Waals surface area contributed by atoms with E-state index in [1.165, 1.54) is 40.7 Å². The van der Waals surface area contributed by atoms with E-state index in [4.69, 9.17) is 23.2 Å². The van der Waals surface area contributed by atoms with E-state index >= 15 is 0 Å². The van der Waals surface area contributed by atoms with Gasteiger partial charge in [0.25, 0.3) is 0 Å². The fraction of sp³-hybridized carbons (Fsp3) is 0.250. The van der Waals surface area contributed by atoms with Crippen LogP contribution >= 0.6 is 23.2 Å². The number of benzene rings is 2. The summed E-state index contributed by atoms with van der Waals surface area (Å²) in [6.07, 6.45) is 0. The lowest BCUT2D eigenvalue weighted by Gasteiger charge is -2.18. The highest BCUT2D eigenvalue weighted by molar-refractivity contribution is 7.91. The molecule has 0 aliphatic carbocycles. The Balaban J connectivity index is 2.56. The molecule has 0 amide bonds. The Bertz CT molecular complexity index is 985. The highest BCUT2D eigenvalue weighted by Gasteiger charge is 2.25. The summed E-state index contributed by atoms with van der Waals surface area (Å²) in [4.78, 5) is -0.254. The van der Waals surface area contributed by atoms with Gasteiger partial charge in [0.05, 0.1) is 24.7 Å². The zero-order chi connectivity index (χ0) is 18.8. The Kier molecular flexibility index (Phi) is 6.17. The molecule has 0 spiro atoms. The molecule has 2 aromatic rings. The Morgan fingerprint density at radius 3 is 1.92 bits per heavy atom. The molecule has 2 aromatic carbocycles. The van der Waals surface area contributed by atoms with Gasteiger partial charge in [-0.25, -0.2) is 16.8 Å². The molecular formula is C16H17Cl2NO4S2. The molecule has 0 radical (unpaired) electrons. The summed E-state index contributed by atoms with van der Waals surface area (Å²) < 4.78 is 52.0. The van der Waals surface area contributed by atoms with Gasteiger partial charge < -0.3 is 0 Å². The SMILES string of the molecule is CCN(CC)S(=O)(=O)c1cccc(S(=O)(=O)c2ccc(Cl)c(Cl)c2)c1. The lowest BCUT2D eigenvalue weighted by Crippen LogP contribution is -2.30. The van der Waals surface area contributed by atoms with Gasteiger partial charge in [0.1, 0.15) is 0 Å². The molecule has 0 fully saturated rings. The van der Waals surface area contributed by atoms with E-state index in [1.807, 2.05) is 0 Å². The van der Waals surface area contributed by atoms with Crippen molar-refractivity contribution in [2.75, 3.05) is 13.1 Å². The van der Waals surface area contributed by atoms with Gasteiger partial charge in [-0.05, 0) is 36.4 Å². The first-order valence-electron chi connectivity index (χ1n) is 7.45. The molecule has 0 atom stereocenters. The van der Waals surface area contributed by atoms with Crippen molar-refractivity contribution < 1.29 is 16.8 Å². The van der Waals surface area contributed by atoms with E-state index in [0.717, 1.165) is 6.07 Å². The van der Waals surface area contributed by atoms with E-state index in [9.17, 15) is 16.8 Å². The van der Waals surface area contributed by atoms with Crippen LogP contribution in [0.15, 0.2) is 57.2 Å². The van der Waals surface area contributed by atoms with Crippen LogP contribution in [0, 0.1) is 0 Å². The van der Waals surface area contributed by atoms with Gasteiger partial charge in [-0.15, -0.1) is 0 Å². The maximum absolute atomic E-state index is 12.8. The third-order valence-corrected chi connectivity index (χ3v) is 8.19. The third-order valence-electron chi connectivity index (χ3n) is 3.66. The maximum Gasteiger partial charge on any atom is 0.243 e. The second kappa shape index (κ2) is 7.63. The molecular weight excluding hydrogens is 405 g/mol. The van der Waals surface area contributed by atoms with Crippen molar-refractivity contribution >= 4 is 43.1 Å². The van der Waals surface area contributed by atoms with Gasteiger partial charge in [0.15, 0.2) is 0 Å². The van der Waals surface area contributed by atoms with E-state index in [2.05, 4.69) is 0 Å². The zero-order valence-electron chi connectivity index (χ0n) is 13.6. The predicted molar refractivity (Wildman–Crippen MR) is 98.5 cm³/mol. The van der Waals surface area contributed by atoms with Crippen molar-refractivity contribution in [2.45, 2.75) is 28.5 Å². The lowest BCUT2D eigenvalue weighted by atomic mass is 10.4. The highest BCUT2D eigenvalue weighted by atomic mass is 35.5. The lowest BCUT2D eigenvalue weighted by molar-refractivity contribution is 0.445. The van der Waals surface area contributed by atoms with Gasteiger partial charge in [-0.1, -0.05) is 43.1 Å². The van der Waals surface area contributed by atoms with Gasteiger partial charge in [-0.3, -0.25) is 0 Å². The van der Waals surface area contributed by atoms with Crippen LogP contribution in [0.3, 0.4) is 0 Å². The highest BCUT2D eigenvalue weighted by Crippen LogP contribution is 2.29. The minimum Gasteiger partial charge on any atom is -0.219 e. The second-order valence-corrected chi connectivity index (χ2v) is 9.85. The molecule has 0 aliphatic heterocycles. The standard InChI is InChI=1S/C16H17Cl2NO4S2/c1-3-19(4-2)25(22,23)14-7-5-6-12(10-14)24(20,21)13-8-9-15(17)16(18)11-13/h5-11H,3-4H2,1-2H3. The van der Waals surface area contributed by atoms with Crippen LogP contribution < -0.4 is 0 Å². The first-order valence-corrected chi connectivity index (χ1v) is 11.1. The number of halogens is 2. The molecule has 0 saturated heterocycles. The van der Waals surface area contributed by atoms with Crippen LogP contribution in [-0.4, -0.2) is 34.2 Å². The summed E-state index contributed by atoms with van der Waals surface area (Å²) >= 11 is 11.7. The molecule has 0 aliphatic rings. The van der Waals surface area contributed by atoms with Crippen molar-refractivity contribution in [1.29, 1.82) is 0 Å². The van der Waals surface area contributed by atoms with Crippen molar-refractivity contribution in [3.05, 3.63) is 52.5 Å². The number of nitrogens with zero attached hydrogens (tertiary/aromatic N) is 1. The van der Waals surface area contributed by atoms with Crippen LogP contribution in [0.5, 0.6) is 0 Å². The van der Waals surface area contributed by atoms with Crippen molar-refractivity contribution in [3.63, 3.8) is 0 Å². The zero-order valence-corrected chi connectivity index (χ0v) is 16.8. The fourth-order valence-electron chi connectivity index (χ4n) is 2.29. The number of sulfonamides is 1. The molecule has 0 N–H and O–H groups in total. The summed E-state index contributed by atoms with van der Waals surface area (Å²) in [7, 11) is -7.69. The molecule has 9 heteroatoms. The van der Waals surface area contributed by atoms with Crippen LogP contribution in [0.25, 0.3) is 0 Å². The summed E-state index contributed by atoms with van der Waals surface area (Å²) in [5.41, 5.74) is 0. The number of hydrogen-bond acceptors (Lipinski definition) is 4. The first kappa shape index (κ1) is 20.2. The summed E-state index contributed by atoms with van der Waals surface area (Å²) in [5.74, 6) is 0. The quantitative estimate of drug-likeness (QED) is 0.709. The topological polar surface area (TPSA) is 71.5 Å². The summed E-state index contributed by atoms with van der Waals surface area (Å²) in [6.45, 7) is 4.03. The number of hydrogen-bond donors (Lipinski definition) is 0. The monoisotopic (exact) mass is 421 g/mol. The molecule has 25 heavy (non-hydrogen) atoms. The molecule has 0 bridgehead atoms. The van der Waals surface area contributed by atoms with Crippen LogP contribution in [-0.2, 0) is 19.9 Å². The molecule has 0 aromatic heterocycles. The van der Waals surface area contributed by atoms with Gasteiger partial charge in [0.2, 0.25) is 19.9 Å². The predicted octanol–water partition coefficient (Wildman–Crippen LogP) is 3.86. The molecule has 5 nitrogen and oxygen atoms in total. The average Bonchev–Trinajstić information content (AvgIpc) is 2.58. The smallest absolute Gasteiger partial charge is 0.219 e. The van der Waals surface area contributed by atoms with E-state index in [-0.39, 0.29) is 24.7 Å². The van der Waals surface area contributed by atoms with Crippen molar-refractivity contribution in [3.8, 4) is 0 Å². The van der Waals surface area contributed by atoms with E-state index in [1.54, 1.807) is 13.8 Å². The summed E-state index contributed by atoms with van der Waals surface area (Å²) in [5, 5.41) is 0.341. The largest absolute Gasteiger partial charge is 0.243 e. The third kappa shape index (κ3) is 4.01. The van der Waals surface area contributed by atoms with Gasteiger partial charge in [0, 0.05) is 13.1 Å². The minimum absolute atomic E-state index is 0.0562. The average molecular weight is 422 g/mol. The summed E-state index contributed by atoms with van der Waals surface area (Å²) in [6, 6.07) is 9.24. The van der Waals surface area contributed by atoms with Gasteiger partial charge in [-0.2, -0.15) is 4.31 Å². The second-order valence-electron chi connectivity index (χ2n) is 5.14. The minimum atomic E-state index is -3.93. The Morgan fingerprint density at radius 1 is 0.800 bits per heavy atom. The Labute approximate surface area is 158 Å². The van der Waals surface area contributed by atoms with Crippen LogP contribution in [0.4, 0.5) is 0 Å². The maximum atomic E-state index is 12.8. The van der Waals surface area contributed by atoms with E-state index < -0.39 is 19.9 Å². The van der Waals surface area contributed by atoms with Crippen molar-refractivity contribution in [2.24, 2.45) is 0 Å². The van der Waals surface area contributed by atoms with Gasteiger partial charge >= 0.3 is 0 Å². The molecule has 0 saturated carbocycles. The normalized spacial score (nSPS) is 12.5. The van der Waals surface area contributed by atoms with Crippen LogP contribution in [0.2, 0.25) is 10.0 Å². The number of rotatable bonds is 6.